The molecule has 1 heterocycles. The summed E-state index contributed by atoms with van der Waals surface area (Å²) < 4.78 is 0. The Morgan fingerprint density at radius 1 is 0.556 bits per heavy atom. The van der Waals surface area contributed by atoms with Gasteiger partial charge in [0.05, 0.1) is 4.91 Å². The Morgan fingerprint density at radius 2 is 0.921 bits per heavy atom. The SMILES string of the molecule is NC(=O)[C@H](CCCN=C(N)N)NC(=O)[C@H](CCCN=C(N)N)NC(=O)[C@H](CCCN=C(N)N)NC(=O)[C@H](CCCN=C(N)N)NC(=O)C=Cc1ccc(C=C2SC(=O)NC2=O)cc1. The Kier molecular flexibility index (Phi) is 22.6. The van der Waals surface area contributed by atoms with Crippen molar-refractivity contribution in [1.82, 2.24) is 26.6 Å². The standard InChI is InChI=1S/C37H58N18O7S/c38-28(57)22(5-1-15-47-33(39)40)52-30(59)24(7-3-17-49-35(43)44)54-31(60)25(8-4-18-50-36(45)46)53-29(58)23(6-2-16-48-34(41)42)51-27(56)14-13-20-9-11-21(12-10-20)19-26-32(61)55-37(62)63-26/h9-14,19,22-25H,1-8,15-18H2,(H2,38,57)(H,51,56)(H,52,59)(H,53,58)(H,54,60)(H4,39,40,47)(H4,41,42,48)(H4,43,44,49)(H4,45,46,50)(H,55,61,62)/t22-,23-,24-,25-/m0/s1. The molecular weight excluding hydrogens is 841 g/mol. The van der Waals surface area contributed by atoms with Gasteiger partial charge in [0.25, 0.3) is 11.1 Å². The number of nitrogens with two attached hydrogens (primary N) is 9. The lowest BCUT2D eigenvalue weighted by atomic mass is 10.0. The molecule has 0 spiro atoms. The van der Waals surface area contributed by atoms with Crippen molar-refractivity contribution in [3.05, 3.63) is 46.4 Å². The van der Waals surface area contributed by atoms with E-state index >= 15 is 0 Å². The highest BCUT2D eigenvalue weighted by atomic mass is 32.2. The molecule has 0 saturated carbocycles. The number of aliphatic imine (C=N–C) groups is 4. The van der Waals surface area contributed by atoms with Crippen LogP contribution in [0.1, 0.15) is 62.5 Å². The molecule has 0 aliphatic carbocycles. The highest BCUT2D eigenvalue weighted by molar-refractivity contribution is 8.18. The van der Waals surface area contributed by atoms with Crippen LogP contribution >= 0.6 is 11.8 Å². The van der Waals surface area contributed by atoms with Gasteiger partial charge in [-0.3, -0.25) is 58.8 Å². The van der Waals surface area contributed by atoms with Crippen LogP contribution in [0, 0.1) is 0 Å². The first kappa shape index (κ1) is 51.8. The molecule has 25 nitrogen and oxygen atoms in total. The molecule has 1 aliphatic heterocycles. The number of thioether (sulfide) groups is 1. The fraction of sp³-hybridized carbons (Fsp3) is 0.432. The zero-order chi connectivity index (χ0) is 46.9. The lowest BCUT2D eigenvalue weighted by Gasteiger charge is -2.26. The Hall–Kier alpha value is -7.38. The Morgan fingerprint density at radius 3 is 1.29 bits per heavy atom. The van der Waals surface area contributed by atoms with Gasteiger partial charge in [0, 0.05) is 32.3 Å². The maximum absolute atomic E-state index is 14.0. The summed E-state index contributed by atoms with van der Waals surface area (Å²) in [5.74, 6) is -5.00. The van der Waals surface area contributed by atoms with Gasteiger partial charge < -0.3 is 72.9 Å². The van der Waals surface area contributed by atoms with Gasteiger partial charge in [0.1, 0.15) is 24.2 Å². The smallest absolute Gasteiger partial charge is 0.290 e. The molecule has 0 bridgehead atoms. The molecule has 23 N–H and O–H groups in total. The molecule has 7 amide bonds. The van der Waals surface area contributed by atoms with E-state index in [2.05, 4.69) is 46.6 Å². The molecule has 2 rings (SSSR count). The van der Waals surface area contributed by atoms with Crippen LogP contribution in [-0.2, 0) is 28.8 Å². The van der Waals surface area contributed by atoms with Gasteiger partial charge in [-0.25, -0.2) is 0 Å². The number of primary amides is 1. The minimum Gasteiger partial charge on any atom is -0.370 e. The van der Waals surface area contributed by atoms with Crippen molar-refractivity contribution in [1.29, 1.82) is 0 Å². The third-order valence-corrected chi connectivity index (χ3v) is 9.45. The second-order valence-electron chi connectivity index (χ2n) is 13.8. The molecule has 1 saturated heterocycles. The molecule has 1 fully saturated rings. The van der Waals surface area contributed by atoms with Gasteiger partial charge in [0.15, 0.2) is 23.8 Å². The molecular formula is C37H58N18O7S. The number of hydrogen-bond donors (Lipinski definition) is 14. The van der Waals surface area contributed by atoms with Crippen molar-refractivity contribution in [3.8, 4) is 0 Å². The average Bonchev–Trinajstić information content (AvgIpc) is 3.53. The maximum atomic E-state index is 14.0. The Bertz CT molecular complexity index is 1950. The summed E-state index contributed by atoms with van der Waals surface area (Å²) in [6.45, 7) is 0.462. The lowest BCUT2D eigenvalue weighted by Crippen LogP contribution is -2.58. The number of nitrogens with zero attached hydrogens (tertiary/aromatic N) is 4. The highest BCUT2D eigenvalue weighted by Gasteiger charge is 2.31. The predicted molar refractivity (Wildman–Crippen MR) is 241 cm³/mol. The first-order valence-corrected chi connectivity index (χ1v) is 20.4. The zero-order valence-corrected chi connectivity index (χ0v) is 35.4. The molecule has 0 unspecified atom stereocenters. The summed E-state index contributed by atoms with van der Waals surface area (Å²) >= 11 is 0.784. The number of rotatable bonds is 27. The average molecular weight is 899 g/mol. The second-order valence-corrected chi connectivity index (χ2v) is 14.8. The minimum atomic E-state index is -1.29. The fourth-order valence-electron chi connectivity index (χ4n) is 5.59. The number of benzene rings is 1. The van der Waals surface area contributed by atoms with Crippen molar-refractivity contribution in [3.63, 3.8) is 0 Å². The first-order chi connectivity index (χ1) is 29.8. The van der Waals surface area contributed by atoms with Gasteiger partial charge in [-0.1, -0.05) is 24.3 Å². The van der Waals surface area contributed by atoms with E-state index < -0.39 is 64.8 Å². The quantitative estimate of drug-likeness (QED) is 0.0172. The molecule has 0 aromatic heterocycles. The van der Waals surface area contributed by atoms with Crippen molar-refractivity contribution in [2.75, 3.05) is 26.2 Å². The predicted octanol–water partition coefficient (Wildman–Crippen LogP) is -4.34. The summed E-state index contributed by atoms with van der Waals surface area (Å²) in [5, 5.41) is 12.2. The molecule has 1 aromatic rings. The number of amides is 7. The maximum Gasteiger partial charge on any atom is 0.290 e. The summed E-state index contributed by atoms with van der Waals surface area (Å²) in [7, 11) is 0. The van der Waals surface area contributed by atoms with Crippen molar-refractivity contribution in [2.24, 2.45) is 71.6 Å². The van der Waals surface area contributed by atoms with E-state index in [9.17, 15) is 33.6 Å². The van der Waals surface area contributed by atoms with Crippen LogP contribution in [0.15, 0.2) is 55.2 Å². The van der Waals surface area contributed by atoms with Crippen LogP contribution in [0.2, 0.25) is 0 Å². The van der Waals surface area contributed by atoms with Gasteiger partial charge >= 0.3 is 0 Å². The van der Waals surface area contributed by atoms with Gasteiger partial charge in [-0.2, -0.15) is 0 Å². The van der Waals surface area contributed by atoms with Crippen LogP contribution < -0.4 is 78.2 Å². The summed E-state index contributed by atoms with van der Waals surface area (Å²) in [5.41, 5.74) is 50.3. The van der Waals surface area contributed by atoms with Gasteiger partial charge in [-0.15, -0.1) is 0 Å². The zero-order valence-electron chi connectivity index (χ0n) is 34.6. The normalized spacial score (nSPS) is 14.6. The highest BCUT2D eigenvalue weighted by Crippen LogP contribution is 2.25. The Balaban J connectivity index is 2.33. The molecule has 1 aliphatic rings. The number of guanidine groups is 4. The summed E-state index contributed by atoms with van der Waals surface area (Å²) in [6.07, 6.45) is 5.27. The fourth-order valence-corrected chi connectivity index (χ4v) is 6.27. The molecule has 63 heavy (non-hydrogen) atoms. The van der Waals surface area contributed by atoms with Crippen LogP contribution in [0.25, 0.3) is 12.2 Å². The van der Waals surface area contributed by atoms with Crippen molar-refractivity contribution >= 4 is 88.4 Å². The number of hydrogen-bond acceptors (Lipinski definition) is 12. The van der Waals surface area contributed by atoms with Crippen molar-refractivity contribution in [2.45, 2.75) is 75.5 Å². The minimum absolute atomic E-state index is 0.00396. The van der Waals surface area contributed by atoms with Crippen LogP contribution in [0.4, 0.5) is 4.79 Å². The molecule has 26 heteroatoms. The third kappa shape index (κ3) is 21.6. The lowest BCUT2D eigenvalue weighted by molar-refractivity contribution is -0.134. The Labute approximate surface area is 367 Å². The topological polar surface area (TPSA) is 463 Å². The number of carbonyl (C=O) groups excluding carboxylic acids is 7. The van der Waals surface area contributed by atoms with E-state index in [-0.39, 0.29) is 106 Å². The van der Waals surface area contributed by atoms with E-state index in [0.717, 1.165) is 11.8 Å². The van der Waals surface area contributed by atoms with Crippen LogP contribution in [0.3, 0.4) is 0 Å². The second kappa shape index (κ2) is 27.5. The molecule has 0 radical (unpaired) electrons. The summed E-state index contributed by atoms with van der Waals surface area (Å²) in [4.78, 5) is 106. The monoisotopic (exact) mass is 898 g/mol. The van der Waals surface area contributed by atoms with Gasteiger partial charge in [0.2, 0.25) is 29.5 Å². The van der Waals surface area contributed by atoms with Crippen LogP contribution in [0.5, 0.6) is 0 Å². The van der Waals surface area contributed by atoms with Gasteiger partial charge in [-0.05, 0) is 86.4 Å². The first-order valence-electron chi connectivity index (χ1n) is 19.6. The van der Waals surface area contributed by atoms with E-state index in [0.29, 0.717) is 11.1 Å². The van der Waals surface area contributed by atoms with Crippen molar-refractivity contribution < 1.29 is 33.6 Å². The third-order valence-electron chi connectivity index (χ3n) is 8.64. The largest absolute Gasteiger partial charge is 0.370 e. The van der Waals surface area contributed by atoms with E-state index in [1.165, 1.54) is 12.2 Å². The number of nitrogens with one attached hydrogen (secondary N) is 5. The summed E-state index contributed by atoms with van der Waals surface area (Å²) in [6, 6.07) is 1.82. The number of carbonyl (C=O) groups is 7. The van der Waals surface area contributed by atoms with E-state index in [1.54, 1.807) is 30.3 Å². The van der Waals surface area contributed by atoms with E-state index in [1.807, 2.05) is 0 Å². The molecule has 4 atom stereocenters. The van der Waals surface area contributed by atoms with Crippen LogP contribution in [-0.4, -0.2) is 115 Å². The number of imide groups is 1. The molecule has 1 aromatic carbocycles. The molecule has 344 valence electrons. The van der Waals surface area contributed by atoms with E-state index in [4.69, 9.17) is 51.6 Å².